The van der Waals surface area contributed by atoms with Crippen LogP contribution in [0, 0.1) is 22.7 Å². The Kier molecular flexibility index (Phi) is 6.61. The molecular weight excluding hydrogens is 671 g/mol. The van der Waals surface area contributed by atoms with E-state index in [0.717, 1.165) is 72.1 Å². The third-order valence-electron chi connectivity index (χ3n) is 11.1. The second-order valence-electron chi connectivity index (χ2n) is 13.9. The number of hydrogen-bond acceptors (Lipinski definition) is 2. The summed E-state index contributed by atoms with van der Waals surface area (Å²) in [7, 11) is 0. The fraction of sp³-hybridized carbons (Fsp3) is 0. The van der Waals surface area contributed by atoms with Crippen molar-refractivity contribution in [1.82, 2.24) is 13.7 Å². The van der Waals surface area contributed by atoms with E-state index in [1.807, 2.05) is 36.4 Å². The summed E-state index contributed by atoms with van der Waals surface area (Å²) in [6.07, 6.45) is 0. The van der Waals surface area contributed by atoms with E-state index in [1.165, 1.54) is 21.5 Å². The van der Waals surface area contributed by atoms with Crippen molar-refractivity contribution in [3.8, 4) is 40.3 Å². The molecule has 0 saturated heterocycles. The summed E-state index contributed by atoms with van der Waals surface area (Å²) in [4.78, 5) is 0. The van der Waals surface area contributed by atoms with Crippen molar-refractivity contribution in [3.05, 3.63) is 187 Å². The Morgan fingerprint density at radius 2 is 0.764 bits per heavy atom. The van der Waals surface area contributed by atoms with Crippen molar-refractivity contribution in [1.29, 1.82) is 10.5 Å². The maximum Gasteiger partial charge on any atom is 0.101 e. The molecule has 0 unspecified atom stereocenters. The zero-order valence-corrected chi connectivity index (χ0v) is 29.5. The van der Waals surface area contributed by atoms with Crippen molar-refractivity contribution in [2.45, 2.75) is 0 Å². The van der Waals surface area contributed by atoms with Crippen LogP contribution in [-0.2, 0) is 0 Å². The van der Waals surface area contributed by atoms with E-state index in [2.05, 4.69) is 165 Å². The molecule has 0 radical (unpaired) electrons. The number of benzene rings is 8. The molecule has 0 N–H and O–H groups in total. The van der Waals surface area contributed by atoms with Crippen LogP contribution in [0.5, 0.6) is 0 Å². The first kappa shape index (κ1) is 30.7. The highest BCUT2D eigenvalue weighted by molar-refractivity contribution is 6.15. The Morgan fingerprint density at radius 3 is 1.36 bits per heavy atom. The highest BCUT2D eigenvalue weighted by Gasteiger charge is 2.22. The van der Waals surface area contributed by atoms with Gasteiger partial charge in [-0.25, -0.2) is 0 Å². The standard InChI is InChI=1S/C50H29N5/c51-30-33-12-10-24-46(55-45-23-8-4-16-38(45)40-18-9-13-34(31-52)49(40)55)48(33)32-26-28-35(29-27-32)53-42-20-5-3-17-39(42)41-19-11-25-47(50(41)53)54-43-21-6-1-14-36(43)37-15-2-7-22-44(37)54/h1-29H. The molecule has 0 atom stereocenters. The smallest absolute Gasteiger partial charge is 0.101 e. The van der Waals surface area contributed by atoms with Gasteiger partial charge in [-0.1, -0.05) is 115 Å². The largest absolute Gasteiger partial charge is 0.307 e. The topological polar surface area (TPSA) is 62.4 Å². The fourth-order valence-electron chi connectivity index (χ4n) is 8.89. The lowest BCUT2D eigenvalue weighted by Gasteiger charge is -2.17. The SMILES string of the molecule is N#Cc1cccc(-n2c3ccccc3c3cccc(C#N)c32)c1-c1ccc(-n2c3ccccc3c3cccc(-n4c5ccccc5c5ccccc54)c32)cc1. The molecule has 0 amide bonds. The van der Waals surface area contributed by atoms with Crippen LogP contribution in [0.4, 0.5) is 0 Å². The van der Waals surface area contributed by atoms with Crippen LogP contribution < -0.4 is 0 Å². The molecule has 0 bridgehead atoms. The minimum absolute atomic E-state index is 0.566. The van der Waals surface area contributed by atoms with E-state index in [9.17, 15) is 10.5 Å². The zero-order chi connectivity index (χ0) is 36.6. The number of para-hydroxylation sites is 6. The lowest BCUT2D eigenvalue weighted by molar-refractivity contribution is 1.13. The average molecular weight is 700 g/mol. The average Bonchev–Trinajstić information content (AvgIpc) is 3.89. The molecule has 0 spiro atoms. The predicted octanol–water partition coefficient (Wildman–Crippen LogP) is 12.4. The molecule has 0 aliphatic heterocycles. The van der Waals surface area contributed by atoms with Gasteiger partial charge in [0.2, 0.25) is 0 Å². The highest BCUT2D eigenvalue weighted by Crippen LogP contribution is 2.42. The van der Waals surface area contributed by atoms with Gasteiger partial charge in [-0.3, -0.25) is 0 Å². The molecule has 11 rings (SSSR count). The molecule has 0 saturated carbocycles. The van der Waals surface area contributed by atoms with Gasteiger partial charge in [0.15, 0.2) is 0 Å². The molecule has 55 heavy (non-hydrogen) atoms. The summed E-state index contributed by atoms with van der Waals surface area (Å²) in [5.74, 6) is 0. The van der Waals surface area contributed by atoms with Crippen molar-refractivity contribution in [2.75, 3.05) is 0 Å². The molecule has 3 heterocycles. The van der Waals surface area contributed by atoms with E-state index in [-0.39, 0.29) is 0 Å². The molecule has 0 aliphatic rings. The van der Waals surface area contributed by atoms with E-state index in [4.69, 9.17) is 0 Å². The quantitative estimate of drug-likeness (QED) is 0.184. The van der Waals surface area contributed by atoms with Crippen molar-refractivity contribution < 1.29 is 0 Å². The van der Waals surface area contributed by atoms with Gasteiger partial charge in [0.25, 0.3) is 0 Å². The van der Waals surface area contributed by atoms with E-state index in [0.29, 0.717) is 11.1 Å². The van der Waals surface area contributed by atoms with Gasteiger partial charge in [0, 0.05) is 43.6 Å². The molecule has 5 heteroatoms. The monoisotopic (exact) mass is 699 g/mol. The second-order valence-corrected chi connectivity index (χ2v) is 13.9. The first-order valence-corrected chi connectivity index (χ1v) is 18.3. The lowest BCUT2D eigenvalue weighted by Crippen LogP contribution is -2.02. The van der Waals surface area contributed by atoms with Gasteiger partial charge in [0.05, 0.1) is 61.7 Å². The van der Waals surface area contributed by atoms with Crippen molar-refractivity contribution >= 4 is 65.4 Å². The number of fused-ring (bicyclic) bond motifs is 9. The summed E-state index contributed by atoms with van der Waals surface area (Å²) in [5.41, 5.74) is 12.2. The first-order valence-electron chi connectivity index (χ1n) is 18.3. The van der Waals surface area contributed by atoms with Crippen LogP contribution in [0.25, 0.3) is 93.6 Å². The number of hydrogen-bond donors (Lipinski definition) is 0. The molecule has 11 aromatic rings. The van der Waals surface area contributed by atoms with E-state index < -0.39 is 0 Å². The Bertz CT molecular complexity index is 3400. The Hall–Kier alpha value is -7.86. The maximum absolute atomic E-state index is 10.5. The van der Waals surface area contributed by atoms with E-state index in [1.54, 1.807) is 0 Å². The third kappa shape index (κ3) is 4.33. The Labute approximate surface area is 316 Å². The number of rotatable bonds is 4. The summed E-state index contributed by atoms with van der Waals surface area (Å²) < 4.78 is 6.92. The number of aromatic nitrogens is 3. The number of nitriles is 2. The van der Waals surface area contributed by atoms with Crippen molar-refractivity contribution in [2.24, 2.45) is 0 Å². The van der Waals surface area contributed by atoms with Gasteiger partial charge in [0.1, 0.15) is 6.07 Å². The van der Waals surface area contributed by atoms with Crippen LogP contribution in [0.2, 0.25) is 0 Å². The first-order chi connectivity index (χ1) is 27.2. The van der Waals surface area contributed by atoms with Gasteiger partial charge >= 0.3 is 0 Å². The number of nitrogens with zero attached hydrogens (tertiary/aromatic N) is 5. The minimum Gasteiger partial charge on any atom is -0.307 e. The van der Waals surface area contributed by atoms with E-state index >= 15 is 0 Å². The molecule has 0 fully saturated rings. The molecule has 5 nitrogen and oxygen atoms in total. The highest BCUT2D eigenvalue weighted by atomic mass is 15.1. The van der Waals surface area contributed by atoms with Gasteiger partial charge in [-0.2, -0.15) is 10.5 Å². The molecular formula is C50H29N5. The summed E-state index contributed by atoms with van der Waals surface area (Å²) in [5, 5.41) is 27.6. The lowest BCUT2D eigenvalue weighted by atomic mass is 9.97. The van der Waals surface area contributed by atoms with Gasteiger partial charge in [-0.05, 0) is 66.2 Å². The molecule has 254 valence electrons. The Morgan fingerprint density at radius 1 is 0.327 bits per heavy atom. The van der Waals surface area contributed by atoms with Crippen LogP contribution in [0.15, 0.2) is 176 Å². The van der Waals surface area contributed by atoms with Crippen molar-refractivity contribution in [3.63, 3.8) is 0 Å². The van der Waals surface area contributed by atoms with Crippen LogP contribution >= 0.6 is 0 Å². The van der Waals surface area contributed by atoms with Crippen LogP contribution in [0.3, 0.4) is 0 Å². The Balaban J connectivity index is 1.16. The fourth-order valence-corrected chi connectivity index (χ4v) is 8.89. The zero-order valence-electron chi connectivity index (χ0n) is 29.5. The summed E-state index contributed by atoms with van der Waals surface area (Å²) in [6.45, 7) is 0. The van der Waals surface area contributed by atoms with Gasteiger partial charge in [-0.15, -0.1) is 0 Å². The summed E-state index contributed by atoms with van der Waals surface area (Å²) >= 11 is 0. The maximum atomic E-state index is 10.5. The van der Waals surface area contributed by atoms with Crippen LogP contribution in [0.1, 0.15) is 11.1 Å². The third-order valence-corrected chi connectivity index (χ3v) is 11.1. The van der Waals surface area contributed by atoms with Gasteiger partial charge < -0.3 is 13.7 Å². The predicted molar refractivity (Wildman–Crippen MR) is 224 cm³/mol. The molecule has 0 aliphatic carbocycles. The van der Waals surface area contributed by atoms with Crippen LogP contribution in [-0.4, -0.2) is 13.7 Å². The summed E-state index contributed by atoms with van der Waals surface area (Å²) in [6, 6.07) is 65.9. The normalized spacial score (nSPS) is 11.6. The minimum atomic E-state index is 0.566. The second kappa shape index (κ2) is 11.8. The molecule has 8 aromatic carbocycles. The molecule has 3 aromatic heterocycles.